The van der Waals surface area contributed by atoms with Gasteiger partial charge in [-0.05, 0) is 6.92 Å². The Bertz CT molecular complexity index is 217. The van der Waals surface area contributed by atoms with Crippen LogP contribution in [0.1, 0.15) is 6.92 Å². The van der Waals surface area contributed by atoms with Crippen LogP contribution in [0.2, 0.25) is 0 Å². The van der Waals surface area contributed by atoms with Gasteiger partial charge in [0.1, 0.15) is 5.71 Å². The van der Waals surface area contributed by atoms with Crippen LogP contribution in [0, 0.1) is 10.1 Å². The molecule has 0 N–H and O–H groups in total. The van der Waals surface area contributed by atoms with Gasteiger partial charge in [0.25, 0.3) is 0 Å². The summed E-state index contributed by atoms with van der Waals surface area (Å²) in [6.07, 6.45) is 0. The van der Waals surface area contributed by atoms with Crippen molar-refractivity contribution in [3.05, 3.63) is 10.1 Å². The lowest BCUT2D eigenvalue weighted by Gasteiger charge is -1.97. The van der Waals surface area contributed by atoms with E-state index in [1.165, 1.54) is 6.92 Å². The normalized spacial score (nSPS) is 24.0. The summed E-state index contributed by atoms with van der Waals surface area (Å²) in [6.45, 7) is 1.52. The fourth-order valence-corrected chi connectivity index (χ4v) is 0.923. The molecule has 5 nitrogen and oxygen atoms in total. The molecule has 0 unspecified atom stereocenters. The summed E-state index contributed by atoms with van der Waals surface area (Å²) < 4.78 is 0. The van der Waals surface area contributed by atoms with Crippen molar-refractivity contribution >= 4 is 22.5 Å². The number of halogens is 1. The van der Waals surface area contributed by atoms with Gasteiger partial charge in [-0.2, -0.15) is 5.10 Å². The molecule has 0 aromatic heterocycles. The van der Waals surface area contributed by atoms with Gasteiger partial charge in [-0.25, -0.2) is 0 Å². The highest BCUT2D eigenvalue weighted by Crippen LogP contribution is 2.09. The molecular weight excluding hydrogens is 158 g/mol. The monoisotopic (exact) mass is 161 g/mol. The van der Waals surface area contributed by atoms with E-state index >= 15 is 0 Å². The average molecular weight is 162 g/mol. The molecule has 1 aliphatic heterocycles. The van der Waals surface area contributed by atoms with Crippen LogP contribution in [0.15, 0.2) is 10.2 Å². The molecule has 1 heterocycles. The maximum absolute atomic E-state index is 10.2. The molecule has 1 atom stereocenters. The van der Waals surface area contributed by atoms with Crippen LogP contribution >= 0.6 is 11.6 Å². The summed E-state index contributed by atoms with van der Waals surface area (Å²) in [5, 5.41) is 16.9. The first kappa shape index (κ1) is 7.14. The van der Waals surface area contributed by atoms with E-state index in [1.54, 1.807) is 0 Å². The van der Waals surface area contributed by atoms with Crippen molar-refractivity contribution in [3.63, 3.8) is 0 Å². The number of hydrogen-bond donors (Lipinski definition) is 0. The lowest BCUT2D eigenvalue weighted by atomic mass is 10.2. The first-order valence-corrected chi connectivity index (χ1v) is 2.91. The van der Waals surface area contributed by atoms with E-state index in [0.29, 0.717) is 5.71 Å². The zero-order chi connectivity index (χ0) is 7.72. The average Bonchev–Trinajstić information content (AvgIpc) is 2.11. The van der Waals surface area contributed by atoms with Crippen LogP contribution in [-0.2, 0) is 0 Å². The number of nitro groups is 1. The number of hydrogen-bond acceptors (Lipinski definition) is 4. The van der Waals surface area contributed by atoms with Crippen LogP contribution in [0.5, 0.6) is 0 Å². The van der Waals surface area contributed by atoms with Crippen molar-refractivity contribution < 1.29 is 4.92 Å². The SMILES string of the molecule is CC1=NN=C(Cl)[C@H]1[N+](=O)[O-]. The maximum atomic E-state index is 10.2. The van der Waals surface area contributed by atoms with Gasteiger partial charge in [0.05, 0.1) is 0 Å². The van der Waals surface area contributed by atoms with E-state index in [2.05, 4.69) is 10.2 Å². The van der Waals surface area contributed by atoms with Crippen LogP contribution in [0.3, 0.4) is 0 Å². The third kappa shape index (κ3) is 0.995. The predicted octanol–water partition coefficient (Wildman–Crippen LogP) is 0.659. The molecule has 54 valence electrons. The highest BCUT2D eigenvalue weighted by molar-refractivity contribution is 6.68. The van der Waals surface area contributed by atoms with Crippen molar-refractivity contribution in [3.8, 4) is 0 Å². The zero-order valence-electron chi connectivity index (χ0n) is 5.11. The molecule has 1 aliphatic rings. The molecule has 10 heavy (non-hydrogen) atoms. The van der Waals surface area contributed by atoms with E-state index in [-0.39, 0.29) is 5.17 Å². The topological polar surface area (TPSA) is 67.9 Å². The smallest absolute Gasteiger partial charge is 0.263 e. The second-order valence-corrected chi connectivity index (χ2v) is 2.24. The highest BCUT2D eigenvalue weighted by Gasteiger charge is 2.33. The third-order valence-corrected chi connectivity index (χ3v) is 1.42. The zero-order valence-corrected chi connectivity index (χ0v) is 5.87. The molecule has 0 amide bonds. The molecule has 0 bridgehead atoms. The van der Waals surface area contributed by atoms with Gasteiger partial charge in [-0.1, -0.05) is 11.6 Å². The third-order valence-electron chi connectivity index (χ3n) is 1.14. The van der Waals surface area contributed by atoms with E-state index < -0.39 is 11.0 Å². The lowest BCUT2D eigenvalue weighted by molar-refractivity contribution is -0.483. The number of nitrogens with zero attached hydrogens (tertiary/aromatic N) is 3. The molecule has 0 aromatic carbocycles. The largest absolute Gasteiger partial charge is 0.306 e. The van der Waals surface area contributed by atoms with Gasteiger partial charge in [-0.15, -0.1) is 5.10 Å². The second kappa shape index (κ2) is 2.34. The first-order chi connectivity index (χ1) is 4.63. The summed E-state index contributed by atoms with van der Waals surface area (Å²) in [5.41, 5.74) is 0.329. The first-order valence-electron chi connectivity index (χ1n) is 2.54. The van der Waals surface area contributed by atoms with E-state index in [0.717, 1.165) is 0 Å². The van der Waals surface area contributed by atoms with Crippen molar-refractivity contribution in [2.24, 2.45) is 10.2 Å². The second-order valence-electron chi connectivity index (χ2n) is 1.85. The van der Waals surface area contributed by atoms with Crippen molar-refractivity contribution in [2.45, 2.75) is 13.0 Å². The molecule has 1 rings (SSSR count). The maximum Gasteiger partial charge on any atom is 0.306 e. The van der Waals surface area contributed by atoms with Crippen LogP contribution in [0.4, 0.5) is 0 Å². The Kier molecular flexibility index (Phi) is 1.67. The summed E-state index contributed by atoms with van der Waals surface area (Å²) >= 11 is 5.36. The Morgan fingerprint density at radius 1 is 1.70 bits per heavy atom. The van der Waals surface area contributed by atoms with Crippen molar-refractivity contribution in [1.29, 1.82) is 0 Å². The van der Waals surface area contributed by atoms with Gasteiger partial charge in [0.15, 0.2) is 0 Å². The molecule has 0 radical (unpaired) electrons. The fourth-order valence-electron chi connectivity index (χ4n) is 0.648. The lowest BCUT2D eigenvalue weighted by Crippen LogP contribution is -2.30. The Hall–Kier alpha value is -0.970. The van der Waals surface area contributed by atoms with Crippen molar-refractivity contribution in [2.75, 3.05) is 0 Å². The Morgan fingerprint density at radius 2 is 2.30 bits per heavy atom. The van der Waals surface area contributed by atoms with E-state index in [1.807, 2.05) is 0 Å². The van der Waals surface area contributed by atoms with Gasteiger partial charge < -0.3 is 0 Å². The van der Waals surface area contributed by atoms with E-state index in [9.17, 15) is 10.1 Å². The molecule has 0 spiro atoms. The number of rotatable bonds is 1. The summed E-state index contributed by atoms with van der Waals surface area (Å²) in [5.74, 6) is 0. The Morgan fingerprint density at radius 3 is 2.50 bits per heavy atom. The minimum Gasteiger partial charge on any atom is -0.263 e. The quantitative estimate of drug-likeness (QED) is 0.419. The van der Waals surface area contributed by atoms with Gasteiger partial charge >= 0.3 is 6.04 Å². The minimum atomic E-state index is -1.01. The summed E-state index contributed by atoms with van der Waals surface area (Å²) in [4.78, 5) is 9.67. The summed E-state index contributed by atoms with van der Waals surface area (Å²) in [6, 6.07) is -1.01. The molecule has 6 heteroatoms. The van der Waals surface area contributed by atoms with Gasteiger partial charge in [-0.3, -0.25) is 10.1 Å². The van der Waals surface area contributed by atoms with Crippen LogP contribution in [0.25, 0.3) is 0 Å². The molecule has 0 fully saturated rings. The molecule has 0 saturated carbocycles. The minimum absolute atomic E-state index is 0.0671. The van der Waals surface area contributed by atoms with Crippen LogP contribution < -0.4 is 0 Å². The summed E-state index contributed by atoms with van der Waals surface area (Å²) in [7, 11) is 0. The molecule has 0 aliphatic carbocycles. The molecular formula is C4H4ClN3O2. The molecule has 0 aromatic rings. The van der Waals surface area contributed by atoms with Crippen LogP contribution in [-0.4, -0.2) is 21.8 Å². The highest BCUT2D eigenvalue weighted by atomic mass is 35.5. The Balaban J connectivity index is 2.86. The molecule has 0 saturated heterocycles. The van der Waals surface area contributed by atoms with E-state index in [4.69, 9.17) is 11.6 Å². The fraction of sp³-hybridized carbons (Fsp3) is 0.500. The Labute approximate surface area is 61.5 Å². The predicted molar refractivity (Wildman–Crippen MR) is 37.2 cm³/mol. The van der Waals surface area contributed by atoms with Gasteiger partial charge in [0, 0.05) is 4.92 Å². The van der Waals surface area contributed by atoms with Crippen molar-refractivity contribution in [1.82, 2.24) is 0 Å². The van der Waals surface area contributed by atoms with Gasteiger partial charge in [0.2, 0.25) is 5.17 Å². The standard InChI is InChI=1S/C4H4ClN3O2/c1-2-3(8(9)10)4(5)7-6-2/h3H,1H3/t3-/m0/s1.